The molecule has 1 rings (SSSR count). The van der Waals surface area contributed by atoms with Crippen molar-refractivity contribution in [3.63, 3.8) is 0 Å². The molecule has 4 heteroatoms. The van der Waals surface area contributed by atoms with E-state index in [1.54, 1.807) is 18.9 Å². The molecule has 0 saturated carbocycles. The molecule has 0 aliphatic carbocycles. The summed E-state index contributed by atoms with van der Waals surface area (Å²) in [6, 6.07) is 5.75. The van der Waals surface area contributed by atoms with E-state index in [0.29, 0.717) is 13.0 Å². The molecule has 0 heterocycles. The maximum absolute atomic E-state index is 11.5. The molecule has 0 unspecified atom stereocenters. The summed E-state index contributed by atoms with van der Waals surface area (Å²) in [5.74, 6) is 1.45. The van der Waals surface area contributed by atoms with Gasteiger partial charge in [0.2, 0.25) is 0 Å². The van der Waals surface area contributed by atoms with Crippen LogP contribution >= 0.6 is 11.8 Å². The highest BCUT2D eigenvalue weighted by atomic mass is 32.2. The number of aryl methyl sites for hydroxylation is 1. The second-order valence-corrected chi connectivity index (χ2v) is 4.68. The molecule has 0 aromatic heterocycles. The first kappa shape index (κ1) is 13.9. The number of ether oxygens (including phenoxy) is 2. The number of thioether (sulfide) groups is 1. The van der Waals surface area contributed by atoms with Gasteiger partial charge in [-0.05, 0) is 30.4 Å². The Balaban J connectivity index is 2.53. The van der Waals surface area contributed by atoms with Gasteiger partial charge < -0.3 is 9.47 Å². The van der Waals surface area contributed by atoms with Gasteiger partial charge in [0.25, 0.3) is 0 Å². The minimum Gasteiger partial charge on any atom is -0.496 e. The molecule has 0 N–H and O–H groups in total. The van der Waals surface area contributed by atoms with Crippen molar-refractivity contribution in [2.24, 2.45) is 0 Å². The molecule has 0 radical (unpaired) electrons. The van der Waals surface area contributed by atoms with Gasteiger partial charge in [-0.3, -0.25) is 4.79 Å². The van der Waals surface area contributed by atoms with Crippen molar-refractivity contribution in [2.45, 2.75) is 13.3 Å². The summed E-state index contributed by atoms with van der Waals surface area (Å²) in [4.78, 5) is 11.5. The first-order valence-electron chi connectivity index (χ1n) is 5.45. The fourth-order valence-electron chi connectivity index (χ4n) is 1.43. The molecule has 1 aromatic carbocycles. The van der Waals surface area contributed by atoms with E-state index >= 15 is 0 Å². The van der Waals surface area contributed by atoms with Crippen LogP contribution in [0.3, 0.4) is 0 Å². The third-order valence-electron chi connectivity index (χ3n) is 2.37. The molecule has 0 bridgehead atoms. The van der Waals surface area contributed by atoms with Gasteiger partial charge in [0, 0.05) is 5.75 Å². The molecule has 0 spiro atoms. The zero-order chi connectivity index (χ0) is 12.7. The van der Waals surface area contributed by atoms with Gasteiger partial charge in [-0.25, -0.2) is 0 Å². The van der Waals surface area contributed by atoms with Crippen molar-refractivity contribution in [1.82, 2.24) is 0 Å². The van der Waals surface area contributed by atoms with E-state index in [9.17, 15) is 4.79 Å². The van der Waals surface area contributed by atoms with Crippen molar-refractivity contribution in [2.75, 3.05) is 25.7 Å². The summed E-state index contributed by atoms with van der Waals surface area (Å²) < 4.78 is 10.3. The number of hydrogen-bond acceptors (Lipinski definition) is 4. The van der Waals surface area contributed by atoms with Crippen molar-refractivity contribution in [1.29, 1.82) is 0 Å². The van der Waals surface area contributed by atoms with Gasteiger partial charge in [0.1, 0.15) is 12.4 Å². The first-order valence-corrected chi connectivity index (χ1v) is 6.85. The lowest BCUT2D eigenvalue weighted by Gasteiger charge is -2.07. The van der Waals surface area contributed by atoms with E-state index in [1.165, 1.54) is 0 Å². The first-order chi connectivity index (χ1) is 8.17. The summed E-state index contributed by atoms with van der Waals surface area (Å²) in [6.07, 6.45) is 2.28. The van der Waals surface area contributed by atoms with Crippen LogP contribution < -0.4 is 4.74 Å². The molecule has 1 aromatic rings. The SMILES string of the molecule is COc1cc(CC(=O)OCCSC)ccc1C. The van der Waals surface area contributed by atoms with Gasteiger partial charge in [-0.1, -0.05) is 12.1 Å². The molecule has 0 aliphatic rings. The van der Waals surface area contributed by atoms with Gasteiger partial charge >= 0.3 is 5.97 Å². The number of esters is 1. The van der Waals surface area contributed by atoms with Gasteiger partial charge in [-0.2, -0.15) is 11.8 Å². The van der Waals surface area contributed by atoms with Crippen LogP contribution in [0, 0.1) is 6.92 Å². The molecular weight excluding hydrogens is 236 g/mol. The van der Waals surface area contributed by atoms with E-state index < -0.39 is 0 Å². The molecule has 0 aliphatic heterocycles. The summed E-state index contributed by atoms with van der Waals surface area (Å²) >= 11 is 1.66. The number of benzene rings is 1. The van der Waals surface area contributed by atoms with Crippen molar-refractivity contribution in [3.05, 3.63) is 29.3 Å². The quantitative estimate of drug-likeness (QED) is 0.577. The largest absolute Gasteiger partial charge is 0.496 e. The zero-order valence-corrected chi connectivity index (χ0v) is 11.3. The number of carbonyl (C=O) groups excluding carboxylic acids is 1. The van der Waals surface area contributed by atoms with E-state index in [0.717, 1.165) is 22.6 Å². The van der Waals surface area contributed by atoms with E-state index in [1.807, 2.05) is 31.4 Å². The van der Waals surface area contributed by atoms with Crippen LogP contribution in [0.5, 0.6) is 5.75 Å². The summed E-state index contributed by atoms with van der Waals surface area (Å²) in [5.41, 5.74) is 1.98. The standard InChI is InChI=1S/C13H18O3S/c1-10-4-5-11(8-12(10)15-2)9-13(14)16-6-7-17-3/h4-5,8H,6-7,9H2,1-3H3. The monoisotopic (exact) mass is 254 g/mol. The molecule has 17 heavy (non-hydrogen) atoms. The van der Waals surface area contributed by atoms with Crippen LogP contribution in [-0.4, -0.2) is 31.7 Å². The summed E-state index contributed by atoms with van der Waals surface area (Å²) in [6.45, 7) is 2.45. The smallest absolute Gasteiger partial charge is 0.310 e. The van der Waals surface area contributed by atoms with Crippen LogP contribution in [0.1, 0.15) is 11.1 Å². The molecular formula is C13H18O3S. The maximum Gasteiger partial charge on any atom is 0.310 e. The van der Waals surface area contributed by atoms with Crippen molar-refractivity contribution < 1.29 is 14.3 Å². The van der Waals surface area contributed by atoms with Crippen LogP contribution in [0.2, 0.25) is 0 Å². The Bertz CT molecular complexity index is 377. The third-order valence-corrected chi connectivity index (χ3v) is 2.95. The molecule has 3 nitrogen and oxygen atoms in total. The Morgan fingerprint density at radius 3 is 2.82 bits per heavy atom. The highest BCUT2D eigenvalue weighted by Crippen LogP contribution is 2.19. The number of hydrogen-bond donors (Lipinski definition) is 0. The van der Waals surface area contributed by atoms with E-state index in [-0.39, 0.29) is 5.97 Å². The highest BCUT2D eigenvalue weighted by molar-refractivity contribution is 7.98. The minimum atomic E-state index is -0.190. The number of methoxy groups -OCH3 is 1. The summed E-state index contributed by atoms with van der Waals surface area (Å²) in [5, 5.41) is 0. The van der Waals surface area contributed by atoms with Crippen LogP contribution in [0.4, 0.5) is 0 Å². The third kappa shape index (κ3) is 4.69. The topological polar surface area (TPSA) is 35.5 Å². The van der Waals surface area contributed by atoms with Gasteiger partial charge in [-0.15, -0.1) is 0 Å². The lowest BCUT2D eigenvalue weighted by molar-refractivity contribution is -0.142. The number of rotatable bonds is 6. The van der Waals surface area contributed by atoms with Crippen LogP contribution in [0.25, 0.3) is 0 Å². The predicted molar refractivity (Wildman–Crippen MR) is 70.8 cm³/mol. The second-order valence-electron chi connectivity index (χ2n) is 3.69. The van der Waals surface area contributed by atoms with Crippen LogP contribution in [0.15, 0.2) is 18.2 Å². The molecule has 0 saturated heterocycles. The minimum absolute atomic E-state index is 0.190. The average Bonchev–Trinajstić information content (AvgIpc) is 2.32. The maximum atomic E-state index is 11.5. The fraction of sp³-hybridized carbons (Fsp3) is 0.462. The van der Waals surface area contributed by atoms with Crippen molar-refractivity contribution in [3.8, 4) is 5.75 Å². The van der Waals surface area contributed by atoms with E-state index in [2.05, 4.69) is 0 Å². The highest BCUT2D eigenvalue weighted by Gasteiger charge is 2.06. The Kier molecular flexibility index (Phi) is 5.91. The summed E-state index contributed by atoms with van der Waals surface area (Å²) in [7, 11) is 1.63. The molecule has 0 atom stereocenters. The Morgan fingerprint density at radius 1 is 1.41 bits per heavy atom. The Morgan fingerprint density at radius 2 is 2.18 bits per heavy atom. The lowest BCUT2D eigenvalue weighted by atomic mass is 10.1. The Hall–Kier alpha value is -1.16. The van der Waals surface area contributed by atoms with E-state index in [4.69, 9.17) is 9.47 Å². The number of carbonyl (C=O) groups is 1. The van der Waals surface area contributed by atoms with Gasteiger partial charge in [0.05, 0.1) is 13.5 Å². The fourth-order valence-corrected chi connectivity index (χ4v) is 1.68. The van der Waals surface area contributed by atoms with Gasteiger partial charge in [0.15, 0.2) is 0 Å². The molecule has 0 amide bonds. The lowest BCUT2D eigenvalue weighted by Crippen LogP contribution is -2.10. The van der Waals surface area contributed by atoms with Crippen LogP contribution in [-0.2, 0) is 16.0 Å². The molecule has 0 fully saturated rings. The second kappa shape index (κ2) is 7.22. The zero-order valence-electron chi connectivity index (χ0n) is 10.5. The molecule has 94 valence electrons. The average molecular weight is 254 g/mol. The van der Waals surface area contributed by atoms with Crippen molar-refractivity contribution >= 4 is 17.7 Å². The Labute approximate surface area is 106 Å². The normalized spacial score (nSPS) is 10.1. The predicted octanol–water partition coefficient (Wildman–Crippen LogP) is 2.45.